The van der Waals surface area contributed by atoms with E-state index in [1.54, 1.807) is 11.8 Å². The number of aromatic amines is 1. The van der Waals surface area contributed by atoms with Gasteiger partial charge in [0.1, 0.15) is 5.75 Å². The number of nitrogens with zero attached hydrogens (tertiary/aromatic N) is 1. The molecule has 0 bridgehead atoms. The van der Waals surface area contributed by atoms with Crippen LogP contribution in [-0.4, -0.2) is 22.8 Å². The van der Waals surface area contributed by atoms with E-state index in [1.165, 1.54) is 0 Å². The van der Waals surface area contributed by atoms with Crippen molar-refractivity contribution < 1.29 is 9.53 Å². The smallest absolute Gasteiger partial charge is 0.274 e. The molecule has 1 aliphatic rings. The Morgan fingerprint density at radius 1 is 1.21 bits per heavy atom. The summed E-state index contributed by atoms with van der Waals surface area (Å²) >= 11 is 3.50. The molecule has 152 valence electrons. The van der Waals surface area contributed by atoms with E-state index < -0.39 is 0 Å². The molecular weight excluding hydrogens is 434 g/mol. The van der Waals surface area contributed by atoms with Gasteiger partial charge in [-0.25, -0.2) is 4.68 Å². The van der Waals surface area contributed by atoms with Gasteiger partial charge < -0.3 is 10.1 Å². The van der Waals surface area contributed by atoms with Crippen LogP contribution in [0.4, 0.5) is 5.69 Å². The number of benzene rings is 2. The van der Waals surface area contributed by atoms with Crippen molar-refractivity contribution in [1.29, 1.82) is 0 Å². The summed E-state index contributed by atoms with van der Waals surface area (Å²) in [6.45, 7) is 1.97. The summed E-state index contributed by atoms with van der Waals surface area (Å²) in [5.41, 5.74) is 2.60. The number of hydrogen-bond donors (Lipinski definition) is 2. The number of rotatable bonds is 4. The Kier molecular flexibility index (Phi) is 5.50. The average molecular weight is 458 g/mol. The quantitative estimate of drug-likeness (QED) is 0.591. The summed E-state index contributed by atoms with van der Waals surface area (Å²) in [6, 6.07) is 11.4. The van der Waals surface area contributed by atoms with E-state index in [0.717, 1.165) is 52.7 Å². The zero-order chi connectivity index (χ0) is 20.5. The van der Waals surface area contributed by atoms with Crippen LogP contribution in [-0.2, 0) is 4.79 Å². The fraction of sp³-hybridized carbons (Fsp3) is 0.364. The third-order valence-electron chi connectivity index (χ3n) is 5.80. The molecule has 1 amide bonds. The number of halogens is 1. The van der Waals surface area contributed by atoms with Crippen molar-refractivity contribution in [2.24, 2.45) is 5.92 Å². The van der Waals surface area contributed by atoms with Crippen LogP contribution < -0.4 is 15.6 Å². The van der Waals surface area contributed by atoms with Gasteiger partial charge in [-0.3, -0.25) is 14.7 Å². The Morgan fingerprint density at radius 3 is 2.66 bits per heavy atom. The number of nitrogens with one attached hydrogen (secondary N) is 2. The predicted octanol–water partition coefficient (Wildman–Crippen LogP) is 4.78. The minimum atomic E-state index is -0.0506. The van der Waals surface area contributed by atoms with Crippen LogP contribution >= 0.6 is 15.9 Å². The lowest BCUT2D eigenvalue weighted by atomic mass is 9.85. The van der Waals surface area contributed by atoms with E-state index in [2.05, 4.69) is 26.3 Å². The fourth-order valence-electron chi connectivity index (χ4n) is 4.11. The van der Waals surface area contributed by atoms with Gasteiger partial charge in [-0.05, 0) is 72.3 Å². The lowest BCUT2D eigenvalue weighted by molar-refractivity contribution is -0.121. The number of amides is 1. The van der Waals surface area contributed by atoms with Gasteiger partial charge in [0.05, 0.1) is 24.1 Å². The topological polar surface area (TPSA) is 76.1 Å². The van der Waals surface area contributed by atoms with Crippen LogP contribution in [0.3, 0.4) is 0 Å². The summed E-state index contributed by atoms with van der Waals surface area (Å²) in [5, 5.41) is 6.94. The Labute approximate surface area is 177 Å². The largest absolute Gasteiger partial charge is 0.496 e. The molecule has 0 saturated heterocycles. The first-order valence-corrected chi connectivity index (χ1v) is 10.6. The first kappa shape index (κ1) is 19.8. The number of aryl methyl sites for hydroxylation is 1. The lowest BCUT2D eigenvalue weighted by Crippen LogP contribution is -2.31. The van der Waals surface area contributed by atoms with Gasteiger partial charge in [0.25, 0.3) is 5.56 Å². The number of carbonyl (C=O) groups excluding carboxylic acids is 1. The highest BCUT2D eigenvalue weighted by Crippen LogP contribution is 2.33. The van der Waals surface area contributed by atoms with Gasteiger partial charge in [-0.15, -0.1) is 0 Å². The summed E-state index contributed by atoms with van der Waals surface area (Å²) in [6.07, 6.45) is 3.09. The normalized spacial score (nSPS) is 19.3. The van der Waals surface area contributed by atoms with Crippen LogP contribution in [0.15, 0.2) is 45.7 Å². The number of ether oxygens (including phenoxy) is 1. The van der Waals surface area contributed by atoms with E-state index in [9.17, 15) is 9.59 Å². The number of fused-ring (bicyclic) bond motifs is 1. The Bertz CT molecular complexity index is 1110. The minimum absolute atomic E-state index is 0.000881. The third kappa shape index (κ3) is 3.83. The second-order valence-corrected chi connectivity index (χ2v) is 8.48. The minimum Gasteiger partial charge on any atom is -0.496 e. The summed E-state index contributed by atoms with van der Waals surface area (Å²) in [4.78, 5) is 25.5. The number of H-pyrrole nitrogens is 1. The molecule has 1 heterocycles. The molecule has 1 saturated carbocycles. The summed E-state index contributed by atoms with van der Waals surface area (Å²) in [7, 11) is 1.62. The fourth-order valence-corrected chi connectivity index (χ4v) is 4.57. The SMILES string of the molecule is COc1cc(NC(=O)C2CCC(n3[nH]c4c(Br)cccc4c3=O)CC2)ccc1C. The second-order valence-electron chi connectivity index (χ2n) is 7.63. The standard InChI is InChI=1S/C22H24BrN3O3/c1-13-6-9-15(12-19(13)29-2)24-21(27)14-7-10-16(11-8-14)26-22(28)17-4-3-5-18(23)20(17)25-26/h3-6,9,12,14,16,25H,7-8,10-11H2,1-2H3,(H,24,27). The molecule has 2 aromatic carbocycles. The molecule has 1 fully saturated rings. The zero-order valence-corrected chi connectivity index (χ0v) is 18.1. The summed E-state index contributed by atoms with van der Waals surface area (Å²) < 4.78 is 7.94. The molecule has 0 unspecified atom stereocenters. The van der Waals surface area contributed by atoms with Crippen molar-refractivity contribution in [3.05, 3.63) is 56.8 Å². The molecule has 1 aromatic heterocycles. The number of carbonyl (C=O) groups is 1. The number of methoxy groups -OCH3 is 1. The van der Waals surface area contributed by atoms with Gasteiger partial charge in [0, 0.05) is 22.1 Å². The maximum atomic E-state index is 12.7. The first-order chi connectivity index (χ1) is 14.0. The zero-order valence-electron chi connectivity index (χ0n) is 16.5. The van der Waals surface area contributed by atoms with E-state index in [0.29, 0.717) is 5.39 Å². The molecule has 0 atom stereocenters. The highest BCUT2D eigenvalue weighted by molar-refractivity contribution is 9.10. The van der Waals surface area contributed by atoms with Crippen LogP contribution in [0, 0.1) is 12.8 Å². The summed E-state index contributed by atoms with van der Waals surface area (Å²) in [5.74, 6) is 0.738. The van der Waals surface area contributed by atoms with Crippen LogP contribution in [0.25, 0.3) is 10.9 Å². The van der Waals surface area contributed by atoms with Crippen molar-refractivity contribution >= 4 is 38.4 Å². The Morgan fingerprint density at radius 2 is 1.97 bits per heavy atom. The van der Waals surface area contributed by atoms with E-state index >= 15 is 0 Å². The average Bonchev–Trinajstić information content (AvgIpc) is 3.07. The molecule has 1 aliphatic carbocycles. The van der Waals surface area contributed by atoms with E-state index in [4.69, 9.17) is 4.74 Å². The van der Waals surface area contributed by atoms with Crippen molar-refractivity contribution in [2.45, 2.75) is 38.6 Å². The van der Waals surface area contributed by atoms with E-state index in [-0.39, 0.29) is 23.4 Å². The number of hydrogen-bond acceptors (Lipinski definition) is 3. The van der Waals surface area contributed by atoms with Crippen LogP contribution in [0.5, 0.6) is 5.75 Å². The first-order valence-electron chi connectivity index (χ1n) is 9.82. The van der Waals surface area contributed by atoms with Gasteiger partial charge in [0.2, 0.25) is 5.91 Å². The second kappa shape index (κ2) is 8.06. The molecular formula is C22H24BrN3O3. The molecule has 0 aliphatic heterocycles. The van der Waals surface area contributed by atoms with Crippen molar-refractivity contribution in [1.82, 2.24) is 9.78 Å². The van der Waals surface area contributed by atoms with Crippen LogP contribution in [0.2, 0.25) is 0 Å². The molecule has 0 radical (unpaired) electrons. The van der Waals surface area contributed by atoms with Gasteiger partial charge in [-0.2, -0.15) is 0 Å². The number of aromatic nitrogens is 2. The molecule has 2 N–H and O–H groups in total. The van der Waals surface area contributed by atoms with Crippen LogP contribution in [0.1, 0.15) is 37.3 Å². The lowest BCUT2D eigenvalue weighted by Gasteiger charge is -2.28. The van der Waals surface area contributed by atoms with Crippen molar-refractivity contribution in [3.8, 4) is 5.75 Å². The van der Waals surface area contributed by atoms with Gasteiger partial charge in [0.15, 0.2) is 0 Å². The molecule has 3 aromatic rings. The molecule has 29 heavy (non-hydrogen) atoms. The van der Waals surface area contributed by atoms with Crippen molar-refractivity contribution in [3.63, 3.8) is 0 Å². The van der Waals surface area contributed by atoms with E-state index in [1.807, 2.05) is 43.3 Å². The third-order valence-corrected chi connectivity index (χ3v) is 6.46. The molecule has 7 heteroatoms. The number of anilines is 1. The molecule has 0 spiro atoms. The molecule has 6 nitrogen and oxygen atoms in total. The predicted molar refractivity (Wildman–Crippen MR) is 118 cm³/mol. The van der Waals surface area contributed by atoms with Crippen molar-refractivity contribution in [2.75, 3.05) is 12.4 Å². The number of para-hydroxylation sites is 1. The highest BCUT2D eigenvalue weighted by Gasteiger charge is 2.29. The molecule has 4 rings (SSSR count). The van der Waals surface area contributed by atoms with Gasteiger partial charge >= 0.3 is 0 Å². The highest BCUT2D eigenvalue weighted by atomic mass is 79.9. The maximum absolute atomic E-state index is 12.7. The van der Waals surface area contributed by atoms with Gasteiger partial charge in [-0.1, -0.05) is 12.1 Å². The monoisotopic (exact) mass is 457 g/mol. The Hall–Kier alpha value is -2.54. The Balaban J connectivity index is 1.43. The maximum Gasteiger partial charge on any atom is 0.274 e.